The van der Waals surface area contributed by atoms with Gasteiger partial charge in [0.05, 0.1) is 0 Å². The Labute approximate surface area is 368 Å². The summed E-state index contributed by atoms with van der Waals surface area (Å²) in [6.45, 7) is 21.9. The van der Waals surface area contributed by atoms with Gasteiger partial charge in [-0.15, -0.1) is 0 Å². The Bertz CT molecular complexity index is 2740. The largest absolute Gasteiger partial charge is 0.344 e. The molecule has 0 saturated carbocycles. The second-order valence-corrected chi connectivity index (χ2v) is 17.1. The van der Waals surface area contributed by atoms with Crippen LogP contribution in [-0.4, -0.2) is 29.0 Å². The predicted octanol–water partition coefficient (Wildman–Crippen LogP) is 14.8. The molecule has 0 unspecified atom stereocenters. The molecule has 0 spiro atoms. The van der Waals surface area contributed by atoms with Crippen molar-refractivity contribution >= 4 is 22.7 Å². The highest BCUT2D eigenvalue weighted by atomic mass is 15.1. The maximum Gasteiger partial charge on any atom is 0.164 e. The average molecular weight is 812 g/mol. The SMILES string of the molecule is Cc1cc(C)c(-c2nc(-c3ccccc3)nc(-c3c(C)cc(C)c(-c4ccc(N(C)c5c(C)cccc5C)cc4)c3C)n2)c(C)c1-c1ccc(N(C)c2c(C)cccc2C)cc1. The van der Waals surface area contributed by atoms with Crippen LogP contribution in [0.5, 0.6) is 0 Å². The van der Waals surface area contributed by atoms with Crippen LogP contribution in [0.2, 0.25) is 0 Å². The number of hydrogen-bond donors (Lipinski definition) is 0. The quantitative estimate of drug-likeness (QED) is 0.145. The lowest BCUT2D eigenvalue weighted by Gasteiger charge is -2.24. The molecule has 7 aromatic carbocycles. The maximum atomic E-state index is 5.41. The summed E-state index contributed by atoms with van der Waals surface area (Å²) in [5.74, 6) is 2.01. The Balaban J connectivity index is 1.24. The van der Waals surface area contributed by atoms with Crippen molar-refractivity contribution in [2.75, 3.05) is 23.9 Å². The molecule has 62 heavy (non-hydrogen) atoms. The Kier molecular flexibility index (Phi) is 11.4. The summed E-state index contributed by atoms with van der Waals surface area (Å²) in [4.78, 5) is 20.5. The van der Waals surface area contributed by atoms with E-state index in [9.17, 15) is 0 Å². The van der Waals surface area contributed by atoms with Crippen LogP contribution < -0.4 is 9.80 Å². The van der Waals surface area contributed by atoms with E-state index in [4.69, 9.17) is 15.0 Å². The lowest BCUT2D eigenvalue weighted by molar-refractivity contribution is 1.06. The molecule has 0 aliphatic carbocycles. The van der Waals surface area contributed by atoms with E-state index < -0.39 is 0 Å². The Hall–Kier alpha value is -6.85. The first kappa shape index (κ1) is 41.9. The van der Waals surface area contributed by atoms with Gasteiger partial charge in [0, 0.05) is 53.5 Å². The molecule has 1 heterocycles. The first-order valence-corrected chi connectivity index (χ1v) is 21.6. The van der Waals surface area contributed by atoms with Crippen LogP contribution in [-0.2, 0) is 0 Å². The molecule has 0 bridgehead atoms. The van der Waals surface area contributed by atoms with Gasteiger partial charge in [0.25, 0.3) is 0 Å². The van der Waals surface area contributed by atoms with Gasteiger partial charge < -0.3 is 9.80 Å². The number of aromatic nitrogens is 3. The molecule has 0 N–H and O–H groups in total. The Morgan fingerprint density at radius 3 is 1.02 bits per heavy atom. The highest BCUT2D eigenvalue weighted by molar-refractivity contribution is 5.85. The normalized spacial score (nSPS) is 11.2. The summed E-state index contributed by atoms with van der Waals surface area (Å²) in [6, 6.07) is 45.7. The van der Waals surface area contributed by atoms with Gasteiger partial charge in [-0.3, -0.25) is 0 Å². The fraction of sp³-hybridized carbons (Fsp3) is 0.211. The monoisotopic (exact) mass is 811 g/mol. The van der Waals surface area contributed by atoms with E-state index in [1.807, 2.05) is 18.2 Å². The molecule has 0 aliphatic heterocycles. The molecule has 0 fully saturated rings. The minimum Gasteiger partial charge on any atom is -0.344 e. The first-order valence-electron chi connectivity index (χ1n) is 21.6. The zero-order valence-electron chi connectivity index (χ0n) is 38.4. The second kappa shape index (κ2) is 16.9. The molecule has 5 nitrogen and oxygen atoms in total. The molecular formula is C57H57N5. The van der Waals surface area contributed by atoms with Crippen molar-refractivity contribution in [3.05, 3.63) is 183 Å². The number of anilines is 4. The average Bonchev–Trinajstić information content (AvgIpc) is 3.24. The maximum absolute atomic E-state index is 5.41. The third-order valence-electron chi connectivity index (χ3n) is 12.7. The molecule has 0 atom stereocenters. The van der Waals surface area contributed by atoms with Gasteiger partial charge in [0.15, 0.2) is 17.5 Å². The first-order chi connectivity index (χ1) is 29.7. The molecule has 8 rings (SSSR count). The van der Waals surface area contributed by atoms with E-state index in [2.05, 4.69) is 202 Å². The summed E-state index contributed by atoms with van der Waals surface area (Å²) in [5, 5.41) is 0. The van der Waals surface area contributed by atoms with Crippen LogP contribution >= 0.6 is 0 Å². The van der Waals surface area contributed by atoms with Crippen molar-refractivity contribution in [3.63, 3.8) is 0 Å². The van der Waals surface area contributed by atoms with E-state index in [0.717, 1.165) is 50.3 Å². The van der Waals surface area contributed by atoms with Crippen molar-refractivity contribution in [2.24, 2.45) is 0 Å². The molecule has 8 aromatic rings. The lowest BCUT2D eigenvalue weighted by Crippen LogP contribution is -2.12. The number of nitrogens with zero attached hydrogens (tertiary/aromatic N) is 5. The molecule has 310 valence electrons. The van der Waals surface area contributed by atoms with Gasteiger partial charge in [-0.05, 0) is 171 Å². The zero-order chi connectivity index (χ0) is 44.0. The number of para-hydroxylation sites is 2. The van der Waals surface area contributed by atoms with Crippen molar-refractivity contribution in [1.82, 2.24) is 15.0 Å². The third-order valence-corrected chi connectivity index (χ3v) is 12.7. The lowest BCUT2D eigenvalue weighted by atomic mass is 9.88. The van der Waals surface area contributed by atoms with Gasteiger partial charge in [0.2, 0.25) is 0 Å². The fourth-order valence-electron chi connectivity index (χ4n) is 9.89. The van der Waals surface area contributed by atoms with Crippen LogP contribution in [0.25, 0.3) is 56.4 Å². The smallest absolute Gasteiger partial charge is 0.164 e. The minimum absolute atomic E-state index is 0.658. The van der Waals surface area contributed by atoms with E-state index in [1.165, 1.54) is 67.0 Å². The number of hydrogen-bond acceptors (Lipinski definition) is 5. The van der Waals surface area contributed by atoms with Crippen LogP contribution in [0, 0.1) is 69.2 Å². The standard InChI is InChI=1S/C57H57N5/c1-34-18-16-19-35(2)53(34)61(11)47-28-24-44(25-29-47)49-38(5)32-40(7)51(42(49)9)56-58-55(46-22-14-13-15-23-46)59-57(60-56)52-41(8)33-39(6)50(43(52)10)45-26-30-48(31-27-45)62(12)54-36(3)20-17-21-37(54)4/h13-33H,1-12H3. The summed E-state index contributed by atoms with van der Waals surface area (Å²) < 4.78 is 0. The van der Waals surface area contributed by atoms with E-state index in [-0.39, 0.29) is 0 Å². The Morgan fingerprint density at radius 1 is 0.306 bits per heavy atom. The van der Waals surface area contributed by atoms with Crippen LogP contribution in [0.15, 0.2) is 127 Å². The van der Waals surface area contributed by atoms with E-state index in [0.29, 0.717) is 17.5 Å². The van der Waals surface area contributed by atoms with Crippen LogP contribution in [0.1, 0.15) is 55.6 Å². The number of rotatable bonds is 9. The van der Waals surface area contributed by atoms with Gasteiger partial charge in [0.1, 0.15) is 0 Å². The molecule has 0 saturated heterocycles. The molecule has 0 aliphatic rings. The van der Waals surface area contributed by atoms with Crippen LogP contribution in [0.3, 0.4) is 0 Å². The summed E-state index contributed by atoms with van der Waals surface area (Å²) in [5.41, 5.74) is 24.6. The highest BCUT2D eigenvalue weighted by Gasteiger charge is 2.23. The summed E-state index contributed by atoms with van der Waals surface area (Å²) in [6.07, 6.45) is 0. The zero-order valence-corrected chi connectivity index (χ0v) is 38.4. The van der Waals surface area contributed by atoms with Crippen molar-refractivity contribution in [2.45, 2.75) is 69.2 Å². The highest BCUT2D eigenvalue weighted by Crippen LogP contribution is 2.41. The van der Waals surface area contributed by atoms with Gasteiger partial charge in [-0.2, -0.15) is 0 Å². The van der Waals surface area contributed by atoms with Gasteiger partial charge >= 0.3 is 0 Å². The number of aryl methyl sites for hydroxylation is 8. The Morgan fingerprint density at radius 2 is 0.645 bits per heavy atom. The molecule has 1 aromatic heterocycles. The third kappa shape index (κ3) is 7.68. The van der Waals surface area contributed by atoms with E-state index >= 15 is 0 Å². The number of benzene rings is 7. The summed E-state index contributed by atoms with van der Waals surface area (Å²) in [7, 11) is 4.30. The van der Waals surface area contributed by atoms with Gasteiger partial charge in [-0.1, -0.05) is 103 Å². The molecule has 0 radical (unpaired) electrons. The molecular weight excluding hydrogens is 755 g/mol. The van der Waals surface area contributed by atoms with Gasteiger partial charge in [-0.25, -0.2) is 15.0 Å². The fourth-order valence-corrected chi connectivity index (χ4v) is 9.89. The molecule has 5 heteroatoms. The topological polar surface area (TPSA) is 45.2 Å². The predicted molar refractivity (Wildman–Crippen MR) is 263 cm³/mol. The van der Waals surface area contributed by atoms with Crippen molar-refractivity contribution < 1.29 is 0 Å². The molecule has 0 amide bonds. The van der Waals surface area contributed by atoms with Crippen LogP contribution in [0.4, 0.5) is 22.7 Å². The van der Waals surface area contributed by atoms with Crippen molar-refractivity contribution in [1.29, 1.82) is 0 Å². The van der Waals surface area contributed by atoms with E-state index in [1.54, 1.807) is 0 Å². The van der Waals surface area contributed by atoms with Crippen molar-refractivity contribution in [3.8, 4) is 56.4 Å². The minimum atomic E-state index is 0.658. The second-order valence-electron chi connectivity index (χ2n) is 17.1. The summed E-state index contributed by atoms with van der Waals surface area (Å²) >= 11 is 0.